The molecule has 0 heterocycles. The van der Waals surface area contributed by atoms with Gasteiger partial charge in [0.05, 0.1) is 27.7 Å². The van der Waals surface area contributed by atoms with Gasteiger partial charge in [0.25, 0.3) is 7.82 Å². The molecular weight excluding hydrogens is 593 g/mol. The van der Waals surface area contributed by atoms with Crippen LogP contribution in [0.4, 0.5) is 0 Å². The number of hydrogen-bond donors (Lipinski definition) is 0. The lowest BCUT2D eigenvalue weighted by Gasteiger charge is -2.28. The third kappa shape index (κ3) is 32.5. The molecule has 0 amide bonds. The van der Waals surface area contributed by atoms with Crippen LogP contribution < -0.4 is 4.89 Å². The summed E-state index contributed by atoms with van der Waals surface area (Å²) in [4.78, 5) is 37.1. The zero-order valence-corrected chi connectivity index (χ0v) is 30.5. The fourth-order valence-electron chi connectivity index (χ4n) is 4.63. The molecule has 0 bridgehead atoms. The minimum atomic E-state index is -4.61. The van der Waals surface area contributed by atoms with Crippen LogP contribution in [0.2, 0.25) is 0 Å². The smallest absolute Gasteiger partial charge is 0.306 e. The maximum atomic E-state index is 12.5. The number of phosphoric ester groups is 1. The number of hydrogen-bond acceptors (Lipinski definition) is 8. The average Bonchev–Trinajstić information content (AvgIpc) is 2.97. The Morgan fingerprint density at radius 1 is 0.667 bits per heavy atom. The first-order valence-electron chi connectivity index (χ1n) is 17.9. The fourth-order valence-corrected chi connectivity index (χ4v) is 5.36. The first-order chi connectivity index (χ1) is 21.5. The van der Waals surface area contributed by atoms with Crippen LogP contribution in [-0.4, -0.2) is 70.0 Å². The fraction of sp³-hybridized carbons (Fsp3) is 0.886. The highest BCUT2D eigenvalue weighted by Gasteiger charge is 2.21. The van der Waals surface area contributed by atoms with Gasteiger partial charge in [-0.3, -0.25) is 14.2 Å². The van der Waals surface area contributed by atoms with Gasteiger partial charge in [0, 0.05) is 12.8 Å². The van der Waals surface area contributed by atoms with E-state index in [0.29, 0.717) is 17.4 Å². The predicted octanol–water partition coefficient (Wildman–Crippen LogP) is 8.44. The molecule has 0 aliphatic heterocycles. The van der Waals surface area contributed by atoms with Crippen molar-refractivity contribution in [2.75, 3.05) is 47.5 Å². The van der Waals surface area contributed by atoms with Gasteiger partial charge in [0.2, 0.25) is 0 Å². The molecule has 0 aliphatic carbocycles. The van der Waals surface area contributed by atoms with Gasteiger partial charge in [0.1, 0.15) is 19.8 Å². The number of unbranched alkanes of at least 4 members (excludes halogenated alkanes) is 16. The number of esters is 2. The third-order valence-corrected chi connectivity index (χ3v) is 8.50. The minimum absolute atomic E-state index is 0.0300. The number of carbonyl (C=O) groups is 2. The van der Waals surface area contributed by atoms with Crippen LogP contribution in [0.5, 0.6) is 0 Å². The second kappa shape index (κ2) is 28.9. The van der Waals surface area contributed by atoms with Crippen LogP contribution in [0.15, 0.2) is 12.2 Å². The first kappa shape index (κ1) is 43.8. The van der Waals surface area contributed by atoms with Crippen molar-refractivity contribution in [3.63, 3.8) is 0 Å². The summed E-state index contributed by atoms with van der Waals surface area (Å²) in [5, 5.41) is 0. The molecule has 10 heteroatoms. The second-order valence-electron chi connectivity index (χ2n) is 13.2. The Kier molecular flexibility index (Phi) is 28.1. The number of likely N-dealkylation sites (N-methyl/N-ethyl adjacent to an activating group) is 1. The van der Waals surface area contributed by atoms with E-state index in [4.69, 9.17) is 18.5 Å². The van der Waals surface area contributed by atoms with E-state index in [1.807, 2.05) is 21.1 Å². The highest BCUT2D eigenvalue weighted by Crippen LogP contribution is 2.38. The van der Waals surface area contributed by atoms with Gasteiger partial charge in [-0.05, 0) is 32.1 Å². The van der Waals surface area contributed by atoms with Gasteiger partial charge in [-0.2, -0.15) is 0 Å². The van der Waals surface area contributed by atoms with Crippen molar-refractivity contribution in [3.05, 3.63) is 12.2 Å². The minimum Gasteiger partial charge on any atom is -0.756 e. The molecular formula is C35H68NO8P. The quantitative estimate of drug-likeness (QED) is 0.0232. The molecule has 0 saturated carbocycles. The Morgan fingerprint density at radius 2 is 1.16 bits per heavy atom. The van der Waals surface area contributed by atoms with Crippen LogP contribution in [0, 0.1) is 0 Å². The largest absolute Gasteiger partial charge is 0.756 e. The number of phosphoric acid groups is 1. The first-order valence-corrected chi connectivity index (χ1v) is 19.4. The number of rotatable bonds is 32. The molecule has 0 N–H and O–H groups in total. The van der Waals surface area contributed by atoms with Crippen molar-refractivity contribution in [3.8, 4) is 0 Å². The van der Waals surface area contributed by atoms with E-state index in [0.717, 1.165) is 57.8 Å². The van der Waals surface area contributed by atoms with Gasteiger partial charge < -0.3 is 27.9 Å². The normalized spacial score (nSPS) is 14.0. The Bertz CT molecular complexity index is 799. The number of ether oxygens (including phenoxy) is 2. The Hall–Kier alpha value is -1.25. The molecule has 0 rings (SSSR count). The molecule has 2 atom stereocenters. The highest BCUT2D eigenvalue weighted by molar-refractivity contribution is 7.45. The summed E-state index contributed by atoms with van der Waals surface area (Å²) in [7, 11) is 1.16. The summed E-state index contributed by atoms with van der Waals surface area (Å²) < 4.78 is 33.6. The van der Waals surface area contributed by atoms with E-state index in [-0.39, 0.29) is 32.0 Å². The molecule has 0 aromatic carbocycles. The topological polar surface area (TPSA) is 111 Å². The molecule has 0 aromatic heterocycles. The van der Waals surface area contributed by atoms with Crippen LogP contribution in [0.25, 0.3) is 0 Å². The summed E-state index contributed by atoms with van der Waals surface area (Å²) >= 11 is 0. The molecule has 9 nitrogen and oxygen atoms in total. The van der Waals surface area contributed by atoms with Gasteiger partial charge in [-0.25, -0.2) is 0 Å². The molecule has 0 aliphatic rings. The molecule has 0 saturated heterocycles. The van der Waals surface area contributed by atoms with Gasteiger partial charge >= 0.3 is 11.9 Å². The van der Waals surface area contributed by atoms with Crippen molar-refractivity contribution < 1.29 is 42.1 Å². The lowest BCUT2D eigenvalue weighted by Crippen LogP contribution is -2.37. The second-order valence-corrected chi connectivity index (χ2v) is 14.6. The molecule has 0 radical (unpaired) electrons. The van der Waals surface area contributed by atoms with Crippen LogP contribution in [0.3, 0.4) is 0 Å². The van der Waals surface area contributed by atoms with Gasteiger partial charge in [0.15, 0.2) is 6.10 Å². The number of allylic oxidation sites excluding steroid dienone is 2. The molecule has 0 spiro atoms. The van der Waals surface area contributed by atoms with Crippen molar-refractivity contribution in [1.82, 2.24) is 0 Å². The zero-order valence-electron chi connectivity index (χ0n) is 29.6. The van der Waals surface area contributed by atoms with E-state index in [1.54, 1.807) is 0 Å². The Labute approximate surface area is 276 Å². The van der Waals surface area contributed by atoms with Crippen molar-refractivity contribution in [1.29, 1.82) is 0 Å². The molecule has 0 aromatic rings. The van der Waals surface area contributed by atoms with E-state index in [9.17, 15) is 19.0 Å². The molecule has 266 valence electrons. The van der Waals surface area contributed by atoms with E-state index in [1.165, 1.54) is 57.8 Å². The molecule has 45 heavy (non-hydrogen) atoms. The average molecular weight is 662 g/mol. The van der Waals surface area contributed by atoms with Gasteiger partial charge in [-0.1, -0.05) is 116 Å². The van der Waals surface area contributed by atoms with E-state index in [2.05, 4.69) is 26.0 Å². The van der Waals surface area contributed by atoms with E-state index >= 15 is 0 Å². The van der Waals surface area contributed by atoms with Gasteiger partial charge in [-0.15, -0.1) is 0 Å². The maximum absolute atomic E-state index is 12.5. The molecule has 0 fully saturated rings. The zero-order chi connectivity index (χ0) is 33.7. The lowest BCUT2D eigenvalue weighted by molar-refractivity contribution is -0.870. The van der Waals surface area contributed by atoms with Crippen molar-refractivity contribution in [2.24, 2.45) is 0 Å². The number of quaternary nitrogens is 1. The summed E-state index contributed by atoms with van der Waals surface area (Å²) in [5.74, 6) is -0.847. The highest BCUT2D eigenvalue weighted by atomic mass is 31.2. The monoisotopic (exact) mass is 661 g/mol. The standard InChI is InChI=1S/C35H68NO8P/c1-6-8-10-12-14-16-18-20-22-24-26-28-35(38)44-33(32-43-45(39,40)42-30-29-36(3,4)5)31-41-34(37)27-25-23-21-19-17-15-13-11-9-7-2/h12,14,33H,6-11,13,15-32H2,1-5H3/b14-12-. The Morgan fingerprint density at radius 3 is 1.71 bits per heavy atom. The molecule has 2 unspecified atom stereocenters. The lowest BCUT2D eigenvalue weighted by atomic mass is 10.1. The van der Waals surface area contributed by atoms with Crippen LogP contribution in [-0.2, 0) is 32.7 Å². The van der Waals surface area contributed by atoms with Crippen LogP contribution >= 0.6 is 7.82 Å². The summed E-state index contributed by atoms with van der Waals surface area (Å²) in [6, 6.07) is 0. The van der Waals surface area contributed by atoms with Crippen molar-refractivity contribution >= 4 is 19.8 Å². The Balaban J connectivity index is 4.49. The predicted molar refractivity (Wildman–Crippen MR) is 181 cm³/mol. The third-order valence-electron chi connectivity index (χ3n) is 7.54. The number of nitrogens with zero attached hydrogens (tertiary/aromatic N) is 1. The van der Waals surface area contributed by atoms with Crippen molar-refractivity contribution in [2.45, 2.75) is 155 Å². The van der Waals surface area contributed by atoms with Crippen LogP contribution in [0.1, 0.15) is 149 Å². The summed E-state index contributed by atoms with van der Waals surface area (Å²) in [6.45, 7) is 4.14. The number of carbonyl (C=O) groups excluding carboxylic acids is 2. The SMILES string of the molecule is CCCC/C=C\CCCCCCCC(=O)OC(COC(=O)CCCCCCCCCCCC)COP(=O)([O-])OCC[N+](C)(C)C. The van der Waals surface area contributed by atoms with E-state index < -0.39 is 26.5 Å². The maximum Gasteiger partial charge on any atom is 0.306 e. The summed E-state index contributed by atoms with van der Waals surface area (Å²) in [5.41, 5.74) is 0. The summed E-state index contributed by atoms with van der Waals surface area (Å²) in [6.07, 6.45) is 25.3.